The Morgan fingerprint density at radius 3 is 2.07 bits per heavy atom. The zero-order valence-electron chi connectivity index (χ0n) is 8.77. The molecule has 1 aromatic carbocycles. The molecule has 0 saturated carbocycles. The van der Waals surface area contributed by atoms with Gasteiger partial charge in [-0.3, -0.25) is 0 Å². The van der Waals surface area contributed by atoms with Gasteiger partial charge in [0, 0.05) is 0 Å². The molecule has 0 aliphatic heterocycles. The standard InChI is InChI=1S/C11H15Cl2Si/c1-8-4-9(2)6-11(5-8)10(3)7-14(12)13/h4-6,10H,7H2,1-3H3. The van der Waals surface area contributed by atoms with Gasteiger partial charge in [0.2, 0.25) is 0 Å². The van der Waals surface area contributed by atoms with Crippen molar-refractivity contribution in [1.82, 2.24) is 0 Å². The van der Waals surface area contributed by atoms with Crippen molar-refractivity contribution in [3.05, 3.63) is 34.9 Å². The summed E-state index contributed by atoms with van der Waals surface area (Å²) in [4.78, 5) is 0. The first kappa shape index (κ1) is 12.1. The maximum absolute atomic E-state index is 5.87. The lowest BCUT2D eigenvalue weighted by molar-refractivity contribution is 0.857. The van der Waals surface area contributed by atoms with Crippen LogP contribution < -0.4 is 0 Å². The van der Waals surface area contributed by atoms with E-state index in [0.29, 0.717) is 5.92 Å². The average molecular weight is 246 g/mol. The Kier molecular flexibility index (Phi) is 4.49. The van der Waals surface area contributed by atoms with Gasteiger partial charge in [-0.25, -0.2) is 0 Å². The minimum absolute atomic E-state index is 0.470. The van der Waals surface area contributed by atoms with Gasteiger partial charge in [-0.1, -0.05) is 36.2 Å². The molecule has 77 valence electrons. The van der Waals surface area contributed by atoms with Crippen LogP contribution in [0, 0.1) is 13.8 Å². The maximum Gasteiger partial charge on any atom is 0.274 e. The van der Waals surface area contributed by atoms with E-state index in [1.54, 1.807) is 0 Å². The van der Waals surface area contributed by atoms with Crippen LogP contribution in [0.15, 0.2) is 18.2 Å². The third-order valence-corrected chi connectivity index (χ3v) is 4.12. The summed E-state index contributed by atoms with van der Waals surface area (Å²) in [6.07, 6.45) is 0. The molecule has 3 heteroatoms. The van der Waals surface area contributed by atoms with Crippen LogP contribution in [0.5, 0.6) is 0 Å². The first-order chi connectivity index (χ1) is 6.49. The molecule has 1 atom stereocenters. The Morgan fingerprint density at radius 2 is 1.64 bits per heavy atom. The summed E-state index contributed by atoms with van der Waals surface area (Å²) in [6, 6.07) is 7.53. The van der Waals surface area contributed by atoms with Crippen LogP contribution >= 0.6 is 22.2 Å². The first-order valence-corrected chi connectivity index (χ1v) is 8.47. The van der Waals surface area contributed by atoms with E-state index < -0.39 is 7.42 Å². The second-order valence-corrected chi connectivity index (χ2v) is 8.27. The molecule has 0 aliphatic rings. The molecule has 1 unspecified atom stereocenters. The normalized spacial score (nSPS) is 13.3. The summed E-state index contributed by atoms with van der Waals surface area (Å²) in [6.45, 7) is 6.43. The maximum atomic E-state index is 5.87. The van der Waals surface area contributed by atoms with Crippen molar-refractivity contribution in [2.24, 2.45) is 0 Å². The molecule has 1 rings (SSSR count). The molecule has 0 heterocycles. The fraction of sp³-hybridized carbons (Fsp3) is 0.455. The quantitative estimate of drug-likeness (QED) is 0.548. The third kappa shape index (κ3) is 3.64. The van der Waals surface area contributed by atoms with Gasteiger partial charge in [0.05, 0.1) is 0 Å². The van der Waals surface area contributed by atoms with Gasteiger partial charge in [-0.05, 0) is 31.4 Å². The predicted molar refractivity (Wildman–Crippen MR) is 66.6 cm³/mol. The number of hydrogen-bond acceptors (Lipinski definition) is 0. The number of benzene rings is 1. The zero-order valence-corrected chi connectivity index (χ0v) is 11.3. The van der Waals surface area contributed by atoms with Crippen molar-refractivity contribution in [3.8, 4) is 0 Å². The lowest BCUT2D eigenvalue weighted by Gasteiger charge is -2.13. The largest absolute Gasteiger partial charge is 0.274 e. The minimum atomic E-state index is -1.16. The van der Waals surface area contributed by atoms with Crippen LogP contribution in [-0.4, -0.2) is 7.42 Å². The van der Waals surface area contributed by atoms with Crippen molar-refractivity contribution < 1.29 is 0 Å². The second kappa shape index (κ2) is 5.20. The molecule has 0 bridgehead atoms. The van der Waals surface area contributed by atoms with Crippen molar-refractivity contribution >= 4 is 29.6 Å². The molecule has 0 aliphatic carbocycles. The lowest BCUT2D eigenvalue weighted by Crippen LogP contribution is -2.01. The molecule has 1 aromatic rings. The van der Waals surface area contributed by atoms with Crippen LogP contribution in [0.2, 0.25) is 6.04 Å². The Morgan fingerprint density at radius 1 is 1.14 bits per heavy atom. The van der Waals surface area contributed by atoms with E-state index in [4.69, 9.17) is 22.2 Å². The molecule has 0 spiro atoms. The highest BCUT2D eigenvalue weighted by molar-refractivity contribution is 7.33. The Hall–Kier alpha value is 0.0169. The highest BCUT2D eigenvalue weighted by Gasteiger charge is 2.12. The highest BCUT2D eigenvalue weighted by atomic mass is 35.7. The molecule has 0 N–H and O–H groups in total. The monoisotopic (exact) mass is 245 g/mol. The van der Waals surface area contributed by atoms with Gasteiger partial charge >= 0.3 is 0 Å². The van der Waals surface area contributed by atoms with Crippen LogP contribution in [0.3, 0.4) is 0 Å². The summed E-state index contributed by atoms with van der Waals surface area (Å²) >= 11 is 11.7. The van der Waals surface area contributed by atoms with Crippen molar-refractivity contribution in [2.75, 3.05) is 0 Å². The van der Waals surface area contributed by atoms with Crippen LogP contribution in [-0.2, 0) is 0 Å². The average Bonchev–Trinajstić information content (AvgIpc) is 2.00. The number of halogens is 2. The van der Waals surface area contributed by atoms with Gasteiger partial charge < -0.3 is 0 Å². The molecular formula is C11H15Cl2Si. The van der Waals surface area contributed by atoms with Gasteiger partial charge in [0.15, 0.2) is 0 Å². The Bertz CT molecular complexity index is 290. The van der Waals surface area contributed by atoms with Gasteiger partial charge in [-0.15, -0.1) is 22.2 Å². The van der Waals surface area contributed by atoms with E-state index in [1.807, 2.05) is 0 Å². The minimum Gasteiger partial charge on any atom is -0.147 e. The van der Waals surface area contributed by atoms with Gasteiger partial charge in [0.1, 0.15) is 0 Å². The van der Waals surface area contributed by atoms with Crippen LogP contribution in [0.1, 0.15) is 29.5 Å². The highest BCUT2D eigenvalue weighted by Crippen LogP contribution is 2.25. The summed E-state index contributed by atoms with van der Waals surface area (Å²) in [5.41, 5.74) is 3.97. The van der Waals surface area contributed by atoms with E-state index in [9.17, 15) is 0 Å². The number of hydrogen-bond donors (Lipinski definition) is 0. The fourth-order valence-electron chi connectivity index (χ4n) is 1.64. The first-order valence-electron chi connectivity index (χ1n) is 4.74. The Balaban J connectivity index is 2.84. The zero-order chi connectivity index (χ0) is 10.7. The van der Waals surface area contributed by atoms with Gasteiger partial charge in [-0.2, -0.15) is 0 Å². The predicted octanol–water partition coefficient (Wildman–Crippen LogP) is 4.37. The fourth-order valence-corrected chi connectivity index (χ4v) is 3.73. The van der Waals surface area contributed by atoms with Crippen LogP contribution in [0.25, 0.3) is 0 Å². The molecule has 0 fully saturated rings. The summed E-state index contributed by atoms with van der Waals surface area (Å²) in [5.74, 6) is 0.470. The second-order valence-electron chi connectivity index (χ2n) is 3.86. The molecule has 14 heavy (non-hydrogen) atoms. The molecule has 0 saturated heterocycles. The number of rotatable bonds is 3. The molecule has 0 aromatic heterocycles. The number of aryl methyl sites for hydroxylation is 2. The van der Waals surface area contributed by atoms with Crippen molar-refractivity contribution in [2.45, 2.75) is 32.7 Å². The molecular weight excluding hydrogens is 231 g/mol. The van der Waals surface area contributed by atoms with E-state index in [2.05, 4.69) is 39.0 Å². The molecule has 0 amide bonds. The Labute approximate surface area is 97.3 Å². The van der Waals surface area contributed by atoms with Gasteiger partial charge in [0.25, 0.3) is 7.42 Å². The van der Waals surface area contributed by atoms with Crippen LogP contribution in [0.4, 0.5) is 0 Å². The summed E-state index contributed by atoms with van der Waals surface area (Å²) < 4.78 is 0. The SMILES string of the molecule is Cc1cc(C)cc(C(C)C[Si](Cl)Cl)c1. The lowest BCUT2D eigenvalue weighted by atomic mass is 9.99. The molecule has 1 radical (unpaired) electrons. The van der Waals surface area contributed by atoms with Crippen molar-refractivity contribution in [3.63, 3.8) is 0 Å². The smallest absolute Gasteiger partial charge is 0.147 e. The van der Waals surface area contributed by atoms with E-state index in [-0.39, 0.29) is 0 Å². The van der Waals surface area contributed by atoms with E-state index in [1.165, 1.54) is 16.7 Å². The summed E-state index contributed by atoms with van der Waals surface area (Å²) in [5, 5.41) is 0. The summed E-state index contributed by atoms with van der Waals surface area (Å²) in [7, 11) is -1.16. The van der Waals surface area contributed by atoms with E-state index in [0.717, 1.165) is 6.04 Å². The third-order valence-electron chi connectivity index (χ3n) is 2.27. The van der Waals surface area contributed by atoms with Crippen molar-refractivity contribution in [1.29, 1.82) is 0 Å². The molecule has 0 nitrogen and oxygen atoms in total. The topological polar surface area (TPSA) is 0 Å². The van der Waals surface area contributed by atoms with E-state index >= 15 is 0 Å².